The highest BCUT2D eigenvalue weighted by molar-refractivity contribution is 9.10. The summed E-state index contributed by atoms with van der Waals surface area (Å²) in [6.07, 6.45) is 2.64. The molecule has 0 aromatic heterocycles. The van der Waals surface area contributed by atoms with Gasteiger partial charge < -0.3 is 10.5 Å². The molecular formula is C13H18BrNO. The first-order valence-electron chi connectivity index (χ1n) is 5.83. The van der Waals surface area contributed by atoms with Gasteiger partial charge in [0.1, 0.15) is 5.75 Å². The van der Waals surface area contributed by atoms with Gasteiger partial charge in [-0.2, -0.15) is 0 Å². The highest BCUT2D eigenvalue weighted by atomic mass is 79.9. The van der Waals surface area contributed by atoms with Gasteiger partial charge in [-0.3, -0.25) is 0 Å². The van der Waals surface area contributed by atoms with E-state index in [1.807, 2.05) is 6.07 Å². The van der Waals surface area contributed by atoms with E-state index in [1.165, 1.54) is 18.4 Å². The van der Waals surface area contributed by atoms with Crippen molar-refractivity contribution in [2.24, 2.45) is 11.7 Å². The molecule has 0 aliphatic heterocycles. The van der Waals surface area contributed by atoms with Crippen molar-refractivity contribution in [1.29, 1.82) is 0 Å². The van der Waals surface area contributed by atoms with E-state index in [2.05, 4.69) is 35.0 Å². The third kappa shape index (κ3) is 2.98. The summed E-state index contributed by atoms with van der Waals surface area (Å²) in [7, 11) is 0. The summed E-state index contributed by atoms with van der Waals surface area (Å²) in [5.41, 5.74) is 6.91. The number of halogens is 1. The molecule has 0 amide bonds. The molecule has 2 rings (SSSR count). The van der Waals surface area contributed by atoms with E-state index in [0.29, 0.717) is 12.5 Å². The van der Waals surface area contributed by atoms with Gasteiger partial charge in [-0.1, -0.05) is 13.0 Å². The van der Waals surface area contributed by atoms with E-state index in [0.717, 1.165) is 22.7 Å². The maximum atomic E-state index is 5.75. The quantitative estimate of drug-likeness (QED) is 0.900. The number of rotatable bonds is 5. The van der Waals surface area contributed by atoms with Crippen LogP contribution in [0.4, 0.5) is 0 Å². The van der Waals surface area contributed by atoms with E-state index >= 15 is 0 Å². The molecule has 2 nitrogen and oxygen atoms in total. The van der Waals surface area contributed by atoms with Crippen molar-refractivity contribution in [3.63, 3.8) is 0 Å². The standard InChI is InChI=1S/C13H18BrNO/c1-9(7-15)11-4-5-13(12(14)6-11)16-8-10-2-3-10/h4-6,9-10H,2-3,7-8,15H2,1H3. The van der Waals surface area contributed by atoms with Crippen molar-refractivity contribution >= 4 is 15.9 Å². The lowest BCUT2D eigenvalue weighted by molar-refractivity contribution is 0.298. The summed E-state index contributed by atoms with van der Waals surface area (Å²) in [5.74, 6) is 2.13. The largest absolute Gasteiger partial charge is 0.492 e. The number of ether oxygens (including phenoxy) is 1. The second-order valence-electron chi connectivity index (χ2n) is 4.58. The van der Waals surface area contributed by atoms with Gasteiger partial charge in [0.05, 0.1) is 11.1 Å². The molecule has 1 unspecified atom stereocenters. The van der Waals surface area contributed by atoms with Crippen molar-refractivity contribution < 1.29 is 4.74 Å². The number of hydrogen-bond acceptors (Lipinski definition) is 2. The van der Waals surface area contributed by atoms with Gasteiger partial charge in [0.15, 0.2) is 0 Å². The number of hydrogen-bond donors (Lipinski definition) is 1. The Morgan fingerprint density at radius 3 is 2.81 bits per heavy atom. The Balaban J connectivity index is 2.02. The summed E-state index contributed by atoms with van der Waals surface area (Å²) < 4.78 is 6.78. The van der Waals surface area contributed by atoms with Gasteiger partial charge in [0.2, 0.25) is 0 Å². The first-order valence-corrected chi connectivity index (χ1v) is 6.62. The van der Waals surface area contributed by atoms with Crippen LogP contribution < -0.4 is 10.5 Å². The monoisotopic (exact) mass is 283 g/mol. The summed E-state index contributed by atoms with van der Waals surface area (Å²) in [6.45, 7) is 3.66. The van der Waals surface area contributed by atoms with Crippen LogP contribution in [-0.2, 0) is 0 Å². The van der Waals surface area contributed by atoms with E-state index in [4.69, 9.17) is 10.5 Å². The van der Waals surface area contributed by atoms with Crippen LogP contribution in [0.1, 0.15) is 31.2 Å². The molecule has 0 spiro atoms. The molecule has 3 heteroatoms. The SMILES string of the molecule is CC(CN)c1ccc(OCC2CC2)c(Br)c1. The van der Waals surface area contributed by atoms with Gasteiger partial charge in [-0.25, -0.2) is 0 Å². The molecule has 1 atom stereocenters. The van der Waals surface area contributed by atoms with E-state index < -0.39 is 0 Å². The highest BCUT2D eigenvalue weighted by Gasteiger charge is 2.22. The van der Waals surface area contributed by atoms with Gasteiger partial charge in [-0.05, 0) is 64.8 Å². The minimum absolute atomic E-state index is 0.397. The van der Waals surface area contributed by atoms with Gasteiger partial charge >= 0.3 is 0 Å². The van der Waals surface area contributed by atoms with Crippen molar-refractivity contribution in [1.82, 2.24) is 0 Å². The Bertz CT molecular complexity index is 363. The molecule has 0 bridgehead atoms. The Kier molecular flexibility index (Phi) is 3.87. The molecule has 1 fully saturated rings. The highest BCUT2D eigenvalue weighted by Crippen LogP contribution is 2.33. The average Bonchev–Trinajstić information content (AvgIpc) is 3.10. The van der Waals surface area contributed by atoms with Crippen molar-refractivity contribution in [2.45, 2.75) is 25.7 Å². The zero-order chi connectivity index (χ0) is 11.5. The number of benzene rings is 1. The van der Waals surface area contributed by atoms with Gasteiger partial charge in [-0.15, -0.1) is 0 Å². The Labute approximate surface area is 105 Å². The topological polar surface area (TPSA) is 35.2 Å². The van der Waals surface area contributed by atoms with Crippen LogP contribution in [0.2, 0.25) is 0 Å². The molecule has 0 saturated heterocycles. The summed E-state index contributed by atoms with van der Waals surface area (Å²) in [6, 6.07) is 6.25. The van der Waals surface area contributed by atoms with Crippen LogP contribution in [0.15, 0.2) is 22.7 Å². The van der Waals surface area contributed by atoms with Crippen LogP contribution in [0.5, 0.6) is 5.75 Å². The summed E-state index contributed by atoms with van der Waals surface area (Å²) in [5, 5.41) is 0. The predicted molar refractivity (Wildman–Crippen MR) is 69.8 cm³/mol. The third-order valence-electron chi connectivity index (χ3n) is 3.05. The van der Waals surface area contributed by atoms with Gasteiger partial charge in [0.25, 0.3) is 0 Å². The van der Waals surface area contributed by atoms with Crippen LogP contribution in [0.3, 0.4) is 0 Å². The predicted octanol–water partition coefficient (Wildman–Crippen LogP) is 3.30. The Morgan fingerprint density at radius 1 is 1.50 bits per heavy atom. The fourth-order valence-electron chi connectivity index (χ4n) is 1.57. The summed E-state index contributed by atoms with van der Waals surface area (Å²) in [4.78, 5) is 0. The second kappa shape index (κ2) is 5.19. The van der Waals surface area contributed by atoms with Crippen molar-refractivity contribution in [2.75, 3.05) is 13.2 Å². The molecular weight excluding hydrogens is 266 g/mol. The normalized spacial score (nSPS) is 17.2. The summed E-state index contributed by atoms with van der Waals surface area (Å²) >= 11 is 3.55. The van der Waals surface area contributed by atoms with Crippen molar-refractivity contribution in [3.05, 3.63) is 28.2 Å². The smallest absolute Gasteiger partial charge is 0.133 e. The minimum atomic E-state index is 0.397. The fourth-order valence-corrected chi connectivity index (χ4v) is 2.08. The lowest BCUT2D eigenvalue weighted by Crippen LogP contribution is -2.09. The molecule has 0 radical (unpaired) electrons. The molecule has 1 saturated carbocycles. The minimum Gasteiger partial charge on any atom is -0.492 e. The Hall–Kier alpha value is -0.540. The van der Waals surface area contributed by atoms with Crippen molar-refractivity contribution in [3.8, 4) is 5.75 Å². The zero-order valence-corrected chi connectivity index (χ0v) is 11.2. The van der Waals surface area contributed by atoms with Crippen LogP contribution >= 0.6 is 15.9 Å². The van der Waals surface area contributed by atoms with E-state index in [-0.39, 0.29) is 0 Å². The first kappa shape index (κ1) is 11.9. The molecule has 2 N–H and O–H groups in total. The molecule has 1 aromatic carbocycles. The second-order valence-corrected chi connectivity index (χ2v) is 5.44. The average molecular weight is 284 g/mol. The first-order chi connectivity index (χ1) is 7.70. The molecule has 16 heavy (non-hydrogen) atoms. The maximum absolute atomic E-state index is 5.75. The lowest BCUT2D eigenvalue weighted by atomic mass is 10.0. The zero-order valence-electron chi connectivity index (χ0n) is 9.58. The van der Waals surface area contributed by atoms with Crippen LogP contribution in [-0.4, -0.2) is 13.2 Å². The molecule has 1 aromatic rings. The number of nitrogens with two attached hydrogens (primary N) is 1. The molecule has 88 valence electrons. The van der Waals surface area contributed by atoms with Gasteiger partial charge in [0, 0.05) is 0 Å². The van der Waals surface area contributed by atoms with Crippen LogP contribution in [0, 0.1) is 5.92 Å². The third-order valence-corrected chi connectivity index (χ3v) is 3.67. The Morgan fingerprint density at radius 2 is 2.25 bits per heavy atom. The molecule has 1 aliphatic rings. The molecule has 1 aliphatic carbocycles. The van der Waals surface area contributed by atoms with E-state index in [9.17, 15) is 0 Å². The van der Waals surface area contributed by atoms with Crippen LogP contribution in [0.25, 0.3) is 0 Å². The lowest BCUT2D eigenvalue weighted by Gasteiger charge is -2.12. The van der Waals surface area contributed by atoms with E-state index in [1.54, 1.807) is 0 Å². The fraction of sp³-hybridized carbons (Fsp3) is 0.538. The molecule has 0 heterocycles. The maximum Gasteiger partial charge on any atom is 0.133 e.